The van der Waals surface area contributed by atoms with Gasteiger partial charge >= 0.3 is 10.2 Å². The zero-order valence-electron chi connectivity index (χ0n) is 5.15. The third-order valence-corrected chi connectivity index (χ3v) is 1.64. The fourth-order valence-electron chi connectivity index (χ4n) is 0.515. The fourth-order valence-corrected chi connectivity index (χ4v) is 0.980. The Balaban J connectivity index is 3.21. The quantitative estimate of drug-likeness (QED) is 0.552. The van der Waals surface area contributed by atoms with Crippen LogP contribution in [0.25, 0.3) is 0 Å². The van der Waals surface area contributed by atoms with Gasteiger partial charge in [0.15, 0.2) is 0 Å². The van der Waals surface area contributed by atoms with E-state index in [1.54, 1.807) is 7.05 Å². The van der Waals surface area contributed by atoms with Crippen molar-refractivity contribution in [3.05, 3.63) is 12.5 Å². The predicted octanol–water partition coefficient (Wildman–Crippen LogP) is 0.0783. The number of aryl methyl sites for hydroxylation is 1. The number of aromatic nitrogens is 2. The van der Waals surface area contributed by atoms with Crippen LogP contribution in [-0.4, -0.2) is 18.0 Å². The highest BCUT2D eigenvalue weighted by Gasteiger charge is 2.13. The molecule has 0 radical (unpaired) electrons. The maximum absolute atomic E-state index is 12.0. The van der Waals surface area contributed by atoms with Gasteiger partial charge in [0, 0.05) is 13.2 Å². The molecule has 1 aromatic heterocycles. The van der Waals surface area contributed by atoms with Crippen LogP contribution in [0.5, 0.6) is 0 Å². The third kappa shape index (κ3) is 1.32. The average molecular weight is 164 g/mol. The van der Waals surface area contributed by atoms with Gasteiger partial charge in [0.2, 0.25) is 5.03 Å². The predicted molar refractivity (Wildman–Crippen MR) is 31.5 cm³/mol. The molecule has 1 aromatic rings. The Morgan fingerprint density at radius 3 is 2.50 bits per heavy atom. The van der Waals surface area contributed by atoms with Gasteiger partial charge in [-0.25, -0.2) is 4.98 Å². The standard InChI is InChI=1S/C4H5FN2O2S/c1-7-2-4(6-3-7)10(5,8)9/h2-3H,1H3. The van der Waals surface area contributed by atoms with Gasteiger partial charge in [0.05, 0.1) is 6.33 Å². The number of hydrogen-bond acceptors (Lipinski definition) is 3. The summed E-state index contributed by atoms with van der Waals surface area (Å²) in [6, 6.07) is 0. The summed E-state index contributed by atoms with van der Waals surface area (Å²) >= 11 is 0. The topological polar surface area (TPSA) is 52.0 Å². The summed E-state index contributed by atoms with van der Waals surface area (Å²) in [5.74, 6) is 0. The van der Waals surface area contributed by atoms with Crippen LogP contribution in [-0.2, 0) is 17.3 Å². The minimum absolute atomic E-state index is 0.546. The first-order chi connectivity index (χ1) is 4.50. The molecule has 0 spiro atoms. The van der Waals surface area contributed by atoms with Crippen molar-refractivity contribution in [3.63, 3.8) is 0 Å². The lowest BCUT2D eigenvalue weighted by Crippen LogP contribution is -1.90. The second kappa shape index (κ2) is 2.05. The van der Waals surface area contributed by atoms with Gasteiger partial charge in [0.1, 0.15) is 0 Å². The molecule has 10 heavy (non-hydrogen) atoms. The molecule has 1 rings (SSSR count). The molecule has 0 fully saturated rings. The van der Waals surface area contributed by atoms with Crippen molar-refractivity contribution < 1.29 is 12.3 Å². The van der Waals surface area contributed by atoms with E-state index in [9.17, 15) is 12.3 Å². The number of imidazole rings is 1. The first-order valence-corrected chi connectivity index (χ1v) is 3.81. The van der Waals surface area contributed by atoms with Crippen molar-refractivity contribution in [2.24, 2.45) is 7.05 Å². The number of rotatable bonds is 1. The van der Waals surface area contributed by atoms with E-state index in [0.717, 1.165) is 6.20 Å². The largest absolute Gasteiger partial charge is 0.351 e. The fraction of sp³-hybridized carbons (Fsp3) is 0.250. The van der Waals surface area contributed by atoms with Gasteiger partial charge in [-0.15, -0.1) is 0 Å². The van der Waals surface area contributed by atoms with Crippen molar-refractivity contribution in [2.75, 3.05) is 0 Å². The first kappa shape index (κ1) is 7.20. The van der Waals surface area contributed by atoms with Crippen LogP contribution in [0.1, 0.15) is 0 Å². The lowest BCUT2D eigenvalue weighted by atomic mass is 10.9. The van der Waals surface area contributed by atoms with Gasteiger partial charge in [-0.2, -0.15) is 8.42 Å². The highest BCUT2D eigenvalue weighted by Crippen LogP contribution is 2.06. The number of halogens is 1. The Hall–Kier alpha value is -0.910. The van der Waals surface area contributed by atoms with Crippen molar-refractivity contribution in [2.45, 2.75) is 5.03 Å². The van der Waals surface area contributed by atoms with Gasteiger partial charge in [-0.05, 0) is 0 Å². The Morgan fingerprint density at radius 1 is 1.70 bits per heavy atom. The molecule has 0 aromatic carbocycles. The summed E-state index contributed by atoms with van der Waals surface area (Å²) in [6.45, 7) is 0. The van der Waals surface area contributed by atoms with Crippen LogP contribution >= 0.6 is 0 Å². The number of nitrogens with zero attached hydrogens (tertiary/aromatic N) is 2. The third-order valence-electron chi connectivity index (χ3n) is 0.931. The summed E-state index contributed by atoms with van der Waals surface area (Å²) in [7, 11) is -3.06. The summed E-state index contributed by atoms with van der Waals surface area (Å²) < 4.78 is 33.6. The van der Waals surface area contributed by atoms with E-state index < -0.39 is 15.2 Å². The average Bonchev–Trinajstić information content (AvgIpc) is 2.11. The van der Waals surface area contributed by atoms with Crippen LogP contribution in [0, 0.1) is 0 Å². The van der Waals surface area contributed by atoms with Crippen molar-refractivity contribution in [1.29, 1.82) is 0 Å². The molecule has 0 bridgehead atoms. The zero-order valence-corrected chi connectivity index (χ0v) is 5.97. The maximum Gasteiger partial charge on any atom is 0.351 e. The zero-order chi connectivity index (χ0) is 7.78. The second-order valence-electron chi connectivity index (χ2n) is 1.82. The normalized spacial score (nSPS) is 11.8. The molecule has 0 saturated carbocycles. The molecule has 56 valence electrons. The molecule has 0 saturated heterocycles. The minimum atomic E-state index is -4.61. The van der Waals surface area contributed by atoms with E-state index in [2.05, 4.69) is 4.98 Å². The molecule has 0 aliphatic carbocycles. The van der Waals surface area contributed by atoms with E-state index in [0.29, 0.717) is 0 Å². The van der Waals surface area contributed by atoms with E-state index >= 15 is 0 Å². The molecule has 0 atom stereocenters. The Labute approximate surface area is 57.5 Å². The molecule has 0 aliphatic heterocycles. The maximum atomic E-state index is 12.0. The van der Waals surface area contributed by atoms with Crippen molar-refractivity contribution in [1.82, 2.24) is 9.55 Å². The van der Waals surface area contributed by atoms with Crippen LogP contribution in [0.2, 0.25) is 0 Å². The van der Waals surface area contributed by atoms with Gasteiger partial charge < -0.3 is 4.57 Å². The van der Waals surface area contributed by atoms with Crippen LogP contribution in [0.4, 0.5) is 3.89 Å². The Kier molecular flexibility index (Phi) is 1.47. The Morgan fingerprint density at radius 2 is 2.30 bits per heavy atom. The first-order valence-electron chi connectivity index (χ1n) is 2.43. The lowest BCUT2D eigenvalue weighted by molar-refractivity contribution is 0.548. The van der Waals surface area contributed by atoms with Crippen LogP contribution < -0.4 is 0 Å². The molecule has 1 heterocycles. The summed E-state index contributed by atoms with van der Waals surface area (Å²) in [6.07, 6.45) is 2.31. The monoisotopic (exact) mass is 164 g/mol. The molecular weight excluding hydrogens is 159 g/mol. The summed E-state index contributed by atoms with van der Waals surface area (Å²) in [5.41, 5.74) is 0. The lowest BCUT2D eigenvalue weighted by Gasteiger charge is -1.82. The van der Waals surface area contributed by atoms with Gasteiger partial charge in [-0.1, -0.05) is 3.89 Å². The SMILES string of the molecule is Cn1cnc(S(=O)(=O)F)c1. The van der Waals surface area contributed by atoms with E-state index in [1.165, 1.54) is 10.9 Å². The van der Waals surface area contributed by atoms with Crippen LogP contribution in [0.3, 0.4) is 0 Å². The molecular formula is C4H5FN2O2S. The van der Waals surface area contributed by atoms with Gasteiger partial charge in [-0.3, -0.25) is 0 Å². The second-order valence-corrected chi connectivity index (χ2v) is 3.11. The molecule has 0 aliphatic rings. The summed E-state index contributed by atoms with van der Waals surface area (Å²) in [5, 5.41) is -0.546. The molecule has 4 nitrogen and oxygen atoms in total. The molecule has 0 unspecified atom stereocenters. The smallest absolute Gasteiger partial charge is 0.339 e. The van der Waals surface area contributed by atoms with E-state index in [-0.39, 0.29) is 0 Å². The highest BCUT2D eigenvalue weighted by molar-refractivity contribution is 7.86. The van der Waals surface area contributed by atoms with E-state index in [4.69, 9.17) is 0 Å². The summed E-state index contributed by atoms with van der Waals surface area (Å²) in [4.78, 5) is 3.29. The highest BCUT2D eigenvalue weighted by atomic mass is 32.3. The molecule has 0 N–H and O–H groups in total. The number of hydrogen-bond donors (Lipinski definition) is 0. The van der Waals surface area contributed by atoms with E-state index in [1.807, 2.05) is 0 Å². The molecule has 6 heteroatoms. The Bertz CT molecular complexity index is 329. The minimum Gasteiger partial charge on any atom is -0.339 e. The van der Waals surface area contributed by atoms with Crippen molar-refractivity contribution >= 4 is 10.2 Å². The van der Waals surface area contributed by atoms with Gasteiger partial charge in [0.25, 0.3) is 0 Å². The molecule has 0 amide bonds. The van der Waals surface area contributed by atoms with Crippen LogP contribution in [0.15, 0.2) is 17.6 Å². The van der Waals surface area contributed by atoms with Crippen molar-refractivity contribution in [3.8, 4) is 0 Å².